The second kappa shape index (κ2) is 11.4. The highest BCUT2D eigenvalue weighted by Crippen LogP contribution is 2.08. The molecule has 2 aromatic carbocycles. The van der Waals surface area contributed by atoms with Crippen LogP contribution in [0.4, 0.5) is 14.5 Å². The van der Waals surface area contributed by atoms with Crippen molar-refractivity contribution in [2.45, 2.75) is 13.5 Å². The van der Waals surface area contributed by atoms with Crippen molar-refractivity contribution < 1.29 is 13.6 Å². The molecule has 0 saturated heterocycles. The summed E-state index contributed by atoms with van der Waals surface area (Å²) in [6.45, 7) is 2.75. The fraction of sp³-hybridized carbons (Fsp3) is 0.222. The summed E-state index contributed by atoms with van der Waals surface area (Å²) in [5, 5.41) is 8.47. The predicted molar refractivity (Wildman–Crippen MR) is 110 cm³/mol. The van der Waals surface area contributed by atoms with Crippen LogP contribution in [0.2, 0.25) is 0 Å². The molecule has 0 heterocycles. The highest BCUT2D eigenvalue weighted by Gasteiger charge is 2.05. The van der Waals surface area contributed by atoms with Gasteiger partial charge in [-0.1, -0.05) is 18.2 Å². The summed E-state index contributed by atoms with van der Waals surface area (Å²) >= 11 is 0. The zero-order chi connectivity index (χ0) is 18.1. The van der Waals surface area contributed by atoms with Crippen LogP contribution in [0.15, 0.2) is 53.5 Å². The number of hydrogen-bond donors (Lipinski definition) is 3. The lowest BCUT2D eigenvalue weighted by Gasteiger charge is -2.11. The Bertz CT molecular complexity index is 755. The average Bonchev–Trinajstić information content (AvgIpc) is 2.57. The van der Waals surface area contributed by atoms with Gasteiger partial charge < -0.3 is 16.0 Å². The summed E-state index contributed by atoms with van der Waals surface area (Å²) in [7, 11) is 0. The highest BCUT2D eigenvalue weighted by atomic mass is 127. The van der Waals surface area contributed by atoms with Crippen LogP contribution in [0, 0.1) is 11.6 Å². The normalized spacial score (nSPS) is 10.7. The lowest BCUT2D eigenvalue weighted by molar-refractivity contribution is -0.115. The van der Waals surface area contributed by atoms with Crippen LogP contribution in [0.25, 0.3) is 0 Å². The third kappa shape index (κ3) is 7.77. The number of amides is 1. The van der Waals surface area contributed by atoms with Crippen molar-refractivity contribution >= 4 is 41.5 Å². The zero-order valence-corrected chi connectivity index (χ0v) is 16.6. The van der Waals surface area contributed by atoms with Crippen LogP contribution in [-0.2, 0) is 11.3 Å². The Hall–Kier alpha value is -2.23. The first-order valence-corrected chi connectivity index (χ1v) is 7.89. The van der Waals surface area contributed by atoms with Crippen molar-refractivity contribution in [1.29, 1.82) is 0 Å². The maximum Gasteiger partial charge on any atom is 0.243 e. The molecule has 0 saturated carbocycles. The molecule has 0 bridgehead atoms. The molecule has 2 aromatic rings. The topological polar surface area (TPSA) is 65.5 Å². The molecule has 5 nitrogen and oxygen atoms in total. The predicted octanol–water partition coefficient (Wildman–Crippen LogP) is 3.28. The summed E-state index contributed by atoms with van der Waals surface area (Å²) in [6, 6.07) is 11.8. The first kappa shape index (κ1) is 21.8. The first-order chi connectivity index (χ1) is 12.1. The van der Waals surface area contributed by atoms with Gasteiger partial charge in [0.2, 0.25) is 5.91 Å². The van der Waals surface area contributed by atoms with E-state index in [4.69, 9.17) is 0 Å². The van der Waals surface area contributed by atoms with Gasteiger partial charge in [-0.15, -0.1) is 24.0 Å². The number of benzene rings is 2. The minimum Gasteiger partial charge on any atom is -0.357 e. The number of carbonyl (C=O) groups is 1. The van der Waals surface area contributed by atoms with Gasteiger partial charge in [0.05, 0.1) is 13.1 Å². The molecule has 0 aliphatic heterocycles. The molecule has 140 valence electrons. The molecule has 3 N–H and O–H groups in total. The molecule has 0 aliphatic carbocycles. The standard InChI is InChI=1S/C18H20F2N4O.HI/c1-2-21-18(22-11-13-5-3-6-14(19)9-13)23-12-17(25)24-16-8-4-7-15(20)10-16;/h3-10H,2,11-12H2,1H3,(H,24,25)(H2,21,22,23);1H. The van der Waals surface area contributed by atoms with Crippen LogP contribution in [0.1, 0.15) is 12.5 Å². The Morgan fingerprint density at radius 3 is 2.38 bits per heavy atom. The van der Waals surface area contributed by atoms with Crippen LogP contribution in [0.5, 0.6) is 0 Å². The van der Waals surface area contributed by atoms with Crippen molar-refractivity contribution in [2.24, 2.45) is 4.99 Å². The third-order valence-corrected chi connectivity index (χ3v) is 3.18. The number of carbonyl (C=O) groups excluding carboxylic acids is 1. The van der Waals surface area contributed by atoms with Gasteiger partial charge in [-0.2, -0.15) is 0 Å². The number of aliphatic imine (C=N–C) groups is 1. The molecular weight excluding hydrogens is 453 g/mol. The molecular formula is C18H21F2IN4O. The number of hydrogen-bond acceptors (Lipinski definition) is 2. The summed E-state index contributed by atoms with van der Waals surface area (Å²) in [5.74, 6) is -0.640. The second-order valence-corrected chi connectivity index (χ2v) is 5.24. The maximum atomic E-state index is 13.2. The van der Waals surface area contributed by atoms with Gasteiger partial charge in [0.25, 0.3) is 0 Å². The second-order valence-electron chi connectivity index (χ2n) is 5.24. The summed E-state index contributed by atoms with van der Waals surface area (Å²) in [5.41, 5.74) is 1.11. The molecule has 8 heteroatoms. The van der Waals surface area contributed by atoms with Crippen molar-refractivity contribution in [3.8, 4) is 0 Å². The summed E-state index contributed by atoms with van der Waals surface area (Å²) in [6.07, 6.45) is 0. The van der Waals surface area contributed by atoms with Crippen molar-refractivity contribution in [1.82, 2.24) is 10.6 Å². The fourth-order valence-corrected chi connectivity index (χ4v) is 2.08. The molecule has 0 aromatic heterocycles. The fourth-order valence-electron chi connectivity index (χ4n) is 2.08. The minimum absolute atomic E-state index is 0. The van der Waals surface area contributed by atoms with E-state index in [0.29, 0.717) is 18.2 Å². The molecule has 0 spiro atoms. The average molecular weight is 474 g/mol. The van der Waals surface area contributed by atoms with Gasteiger partial charge >= 0.3 is 0 Å². The smallest absolute Gasteiger partial charge is 0.243 e. The van der Waals surface area contributed by atoms with Crippen LogP contribution < -0.4 is 16.0 Å². The summed E-state index contributed by atoms with van der Waals surface area (Å²) in [4.78, 5) is 16.2. The maximum absolute atomic E-state index is 13.2. The molecule has 0 unspecified atom stereocenters. The minimum atomic E-state index is -0.421. The third-order valence-electron chi connectivity index (χ3n) is 3.18. The quantitative estimate of drug-likeness (QED) is 0.342. The Labute approximate surface area is 168 Å². The van der Waals surface area contributed by atoms with Crippen molar-refractivity contribution in [3.05, 3.63) is 65.7 Å². The molecule has 1 amide bonds. The monoisotopic (exact) mass is 474 g/mol. The van der Waals surface area contributed by atoms with E-state index in [1.807, 2.05) is 6.92 Å². The van der Waals surface area contributed by atoms with Gasteiger partial charge in [0, 0.05) is 12.2 Å². The molecule has 26 heavy (non-hydrogen) atoms. The Balaban J connectivity index is 0.00000338. The Kier molecular flexibility index (Phi) is 9.56. The van der Waals surface area contributed by atoms with Crippen LogP contribution in [-0.4, -0.2) is 25.0 Å². The molecule has 0 fully saturated rings. The van der Waals surface area contributed by atoms with E-state index in [0.717, 1.165) is 5.56 Å². The molecule has 0 atom stereocenters. The van der Waals surface area contributed by atoms with Gasteiger partial charge in [-0.25, -0.2) is 13.8 Å². The molecule has 2 rings (SSSR count). The van der Waals surface area contributed by atoms with Crippen molar-refractivity contribution in [2.75, 3.05) is 18.4 Å². The molecule has 0 aliphatic rings. The number of halogens is 3. The van der Waals surface area contributed by atoms with E-state index in [9.17, 15) is 13.6 Å². The van der Waals surface area contributed by atoms with E-state index < -0.39 is 5.82 Å². The van der Waals surface area contributed by atoms with Gasteiger partial charge in [-0.05, 0) is 42.8 Å². The summed E-state index contributed by atoms with van der Waals surface area (Å²) < 4.78 is 26.3. The zero-order valence-electron chi connectivity index (χ0n) is 14.3. The highest BCUT2D eigenvalue weighted by molar-refractivity contribution is 14.0. The van der Waals surface area contributed by atoms with E-state index in [1.165, 1.54) is 30.3 Å². The Morgan fingerprint density at radius 1 is 1.04 bits per heavy atom. The Morgan fingerprint density at radius 2 is 1.73 bits per heavy atom. The van der Waals surface area contributed by atoms with Gasteiger partial charge in [0.1, 0.15) is 11.6 Å². The number of rotatable bonds is 6. The largest absolute Gasteiger partial charge is 0.357 e. The van der Waals surface area contributed by atoms with E-state index in [1.54, 1.807) is 18.2 Å². The van der Waals surface area contributed by atoms with E-state index in [-0.39, 0.29) is 48.8 Å². The lowest BCUT2D eigenvalue weighted by atomic mass is 10.2. The number of nitrogens with one attached hydrogen (secondary N) is 3. The van der Waals surface area contributed by atoms with E-state index >= 15 is 0 Å². The van der Waals surface area contributed by atoms with Crippen LogP contribution in [0.3, 0.4) is 0 Å². The first-order valence-electron chi connectivity index (χ1n) is 7.89. The van der Waals surface area contributed by atoms with E-state index in [2.05, 4.69) is 20.9 Å². The van der Waals surface area contributed by atoms with Gasteiger partial charge in [-0.3, -0.25) is 4.79 Å². The SMILES string of the molecule is CCNC(=NCc1cccc(F)c1)NCC(=O)Nc1cccc(F)c1.I. The lowest BCUT2D eigenvalue weighted by Crippen LogP contribution is -2.41. The van der Waals surface area contributed by atoms with Crippen molar-refractivity contribution in [3.63, 3.8) is 0 Å². The molecule has 0 radical (unpaired) electrons. The van der Waals surface area contributed by atoms with Crippen LogP contribution >= 0.6 is 24.0 Å². The van der Waals surface area contributed by atoms with Gasteiger partial charge in [0.15, 0.2) is 5.96 Å². The number of anilines is 1. The number of nitrogens with zero attached hydrogens (tertiary/aromatic N) is 1. The number of guanidine groups is 1.